The quantitative estimate of drug-likeness (QED) is 0.0595. The van der Waals surface area contributed by atoms with Crippen LogP contribution < -0.4 is 39.3 Å². The molecule has 19 heteroatoms. The molecule has 0 spiro atoms. The van der Waals surface area contributed by atoms with E-state index < -0.39 is 104 Å². The summed E-state index contributed by atoms with van der Waals surface area (Å²) in [4.78, 5) is 17.2. The molecule has 16 atom stereocenters. The van der Waals surface area contributed by atoms with Crippen LogP contribution in [0.4, 0.5) is 4.39 Å². The topological polar surface area (TPSA) is 322 Å². The van der Waals surface area contributed by atoms with E-state index in [2.05, 4.69) is 15.6 Å². The molecule has 0 aromatic rings. The lowest BCUT2D eigenvalue weighted by molar-refractivity contribution is -0.315. The van der Waals surface area contributed by atoms with Gasteiger partial charge in [-0.05, 0) is 57.2 Å². The molecular weight excluding hydrogens is 639 g/mol. The summed E-state index contributed by atoms with van der Waals surface area (Å²) in [5, 5.41) is 58.7. The molecule has 6 unspecified atom stereocenters. The van der Waals surface area contributed by atoms with Crippen molar-refractivity contribution in [2.75, 3.05) is 39.3 Å². The second-order valence-electron chi connectivity index (χ2n) is 13.3. The number of Topliss-reactive ketones (excluding diaryl/α,β-unsaturated/α-hetero) is 1. The van der Waals surface area contributed by atoms with Crippen LogP contribution in [0.25, 0.3) is 0 Å². The van der Waals surface area contributed by atoms with Gasteiger partial charge in [-0.2, -0.15) is 0 Å². The first-order chi connectivity index (χ1) is 22.9. The van der Waals surface area contributed by atoms with E-state index in [1.807, 2.05) is 0 Å². The van der Waals surface area contributed by atoms with Gasteiger partial charge in [-0.15, -0.1) is 0 Å². The number of rotatable bonds is 14. The fraction of sp³-hybridized carbons (Fsp3) is 0.931. The zero-order valence-corrected chi connectivity index (χ0v) is 27.0. The number of guanidine groups is 1. The molecule has 3 saturated heterocycles. The Bertz CT molecular complexity index is 1050. The molecule has 18 nitrogen and oxygen atoms in total. The predicted molar refractivity (Wildman–Crippen MR) is 168 cm³/mol. The fourth-order valence-electron chi connectivity index (χ4n) is 6.82. The number of ether oxygens (including phenoxy) is 4. The highest BCUT2D eigenvalue weighted by Crippen LogP contribution is 2.37. The molecule has 4 rings (SSSR count). The first-order valence-electron chi connectivity index (χ1n) is 16.7. The Morgan fingerprint density at radius 1 is 1.04 bits per heavy atom. The third kappa shape index (κ3) is 9.55. The van der Waals surface area contributed by atoms with Crippen LogP contribution in [-0.4, -0.2) is 162 Å². The third-order valence-corrected chi connectivity index (χ3v) is 9.66. The number of nitrogens with zero attached hydrogens (tertiary/aromatic N) is 1. The number of aliphatic hydroxyl groups is 5. The molecule has 0 aromatic heterocycles. The van der Waals surface area contributed by atoms with Gasteiger partial charge in [0.2, 0.25) is 0 Å². The number of carbonyl (C=O) groups excluding carboxylic acids is 1. The SMILES string of the molecule is NCC[C@H](O)C(=O)C[C@@H]1CC(N)[C@@H](O[C@H]2OC(CN)[C@@H](O)CC2N)[C@H](F)C1OC1O[C@H](CO)[C@@H](O)C(NC(N)=NC[C@@H]2CCNC2)[C@H]1O. The Morgan fingerprint density at radius 2 is 1.75 bits per heavy atom. The van der Waals surface area contributed by atoms with Crippen LogP contribution in [0.3, 0.4) is 0 Å². The van der Waals surface area contributed by atoms with E-state index in [4.69, 9.17) is 47.6 Å². The predicted octanol–water partition coefficient (Wildman–Crippen LogP) is -5.81. The number of aliphatic imine (C=N–C) groups is 1. The van der Waals surface area contributed by atoms with Crippen molar-refractivity contribution in [3.8, 4) is 0 Å². The van der Waals surface area contributed by atoms with Crippen LogP contribution >= 0.6 is 0 Å². The maximum atomic E-state index is 16.7. The summed E-state index contributed by atoms with van der Waals surface area (Å²) in [6.07, 6.45) is -14.7. The van der Waals surface area contributed by atoms with E-state index >= 15 is 4.39 Å². The molecule has 3 heterocycles. The molecule has 0 radical (unpaired) electrons. The number of alkyl halides is 1. The molecule has 0 bridgehead atoms. The number of nitrogens with one attached hydrogen (secondary N) is 2. The molecule has 1 saturated carbocycles. The molecule has 0 amide bonds. The summed E-state index contributed by atoms with van der Waals surface area (Å²) >= 11 is 0. The van der Waals surface area contributed by atoms with E-state index in [1.165, 1.54) is 0 Å². The van der Waals surface area contributed by atoms with Crippen LogP contribution in [0, 0.1) is 11.8 Å². The third-order valence-electron chi connectivity index (χ3n) is 9.66. The number of aliphatic hydroxyl groups excluding tert-OH is 5. The van der Waals surface area contributed by atoms with Crippen molar-refractivity contribution in [1.29, 1.82) is 0 Å². The first kappa shape index (κ1) is 39.1. The summed E-state index contributed by atoms with van der Waals surface area (Å²) < 4.78 is 40.1. The van der Waals surface area contributed by atoms with E-state index in [0.29, 0.717) is 6.54 Å². The summed E-state index contributed by atoms with van der Waals surface area (Å²) in [5.74, 6) is -1.33. The lowest BCUT2D eigenvalue weighted by atomic mass is 9.77. The van der Waals surface area contributed by atoms with Gasteiger partial charge in [-0.3, -0.25) is 9.79 Å². The van der Waals surface area contributed by atoms with Gasteiger partial charge in [0.25, 0.3) is 0 Å². The van der Waals surface area contributed by atoms with Crippen molar-refractivity contribution < 1.29 is 53.7 Å². The van der Waals surface area contributed by atoms with Gasteiger partial charge in [-0.1, -0.05) is 0 Å². The van der Waals surface area contributed by atoms with Crippen molar-refractivity contribution in [2.24, 2.45) is 45.5 Å². The van der Waals surface area contributed by atoms with E-state index in [-0.39, 0.29) is 50.7 Å². The van der Waals surface area contributed by atoms with Crippen molar-refractivity contribution in [3.05, 3.63) is 0 Å². The highest BCUT2D eigenvalue weighted by atomic mass is 19.1. The van der Waals surface area contributed by atoms with Gasteiger partial charge in [0.1, 0.15) is 30.5 Å². The summed E-state index contributed by atoms with van der Waals surface area (Å²) in [5.41, 5.74) is 29.8. The van der Waals surface area contributed by atoms with E-state index in [0.717, 1.165) is 19.5 Å². The summed E-state index contributed by atoms with van der Waals surface area (Å²) in [7, 11) is 0. The van der Waals surface area contributed by atoms with Crippen LogP contribution in [0.5, 0.6) is 0 Å². The average molecular weight is 695 g/mol. The Kier molecular flexibility index (Phi) is 14.7. The number of ketones is 1. The molecule has 1 aliphatic carbocycles. The van der Waals surface area contributed by atoms with Gasteiger partial charge < -0.3 is 83.8 Å². The summed E-state index contributed by atoms with van der Waals surface area (Å²) in [6, 6.07) is -3.08. The second-order valence-corrected chi connectivity index (χ2v) is 13.3. The van der Waals surface area contributed by atoms with Crippen molar-refractivity contribution in [1.82, 2.24) is 10.6 Å². The minimum absolute atomic E-state index is 0.00685. The fourth-order valence-corrected chi connectivity index (χ4v) is 6.82. The normalized spacial score (nSPS) is 43.2. The maximum Gasteiger partial charge on any atom is 0.188 e. The van der Waals surface area contributed by atoms with Gasteiger partial charge in [0, 0.05) is 25.6 Å². The lowest BCUT2D eigenvalue weighted by Gasteiger charge is -2.48. The van der Waals surface area contributed by atoms with Crippen LogP contribution in [0.2, 0.25) is 0 Å². The van der Waals surface area contributed by atoms with Crippen LogP contribution in [-0.2, 0) is 23.7 Å². The molecular formula is C29H55FN8O10. The molecule has 278 valence electrons. The number of hydrogen-bond donors (Lipinski definition) is 12. The minimum Gasteiger partial charge on any atom is -0.394 e. The minimum atomic E-state index is -2.05. The van der Waals surface area contributed by atoms with Crippen LogP contribution in [0.15, 0.2) is 4.99 Å². The number of nitrogens with two attached hydrogens (primary N) is 5. The highest BCUT2D eigenvalue weighted by Gasteiger charge is 2.52. The number of carbonyl (C=O) groups is 1. The maximum absolute atomic E-state index is 16.7. The van der Waals surface area contributed by atoms with Crippen molar-refractivity contribution in [2.45, 2.75) is 118 Å². The van der Waals surface area contributed by atoms with Crippen molar-refractivity contribution >= 4 is 11.7 Å². The summed E-state index contributed by atoms with van der Waals surface area (Å²) in [6.45, 7) is 1.37. The van der Waals surface area contributed by atoms with Gasteiger partial charge >= 0.3 is 0 Å². The van der Waals surface area contributed by atoms with Crippen LogP contribution in [0.1, 0.15) is 32.1 Å². The molecule has 4 fully saturated rings. The monoisotopic (exact) mass is 694 g/mol. The molecule has 4 aliphatic rings. The Balaban J connectivity index is 1.55. The highest BCUT2D eigenvalue weighted by molar-refractivity contribution is 5.83. The molecule has 48 heavy (non-hydrogen) atoms. The molecule has 17 N–H and O–H groups in total. The Hall–Kier alpha value is -1.69. The number of halogens is 1. The Morgan fingerprint density at radius 3 is 2.40 bits per heavy atom. The first-order valence-corrected chi connectivity index (χ1v) is 16.7. The zero-order valence-electron chi connectivity index (χ0n) is 27.0. The van der Waals surface area contributed by atoms with Crippen molar-refractivity contribution in [3.63, 3.8) is 0 Å². The Labute approximate surface area is 278 Å². The largest absolute Gasteiger partial charge is 0.394 e. The standard InChI is InChI=1S/C29H55FN8O10/c30-21-25(47-28-24(44)22(23(43)20(11-39)46-28)38-29(35)37-10-12-2-4-36-9-12)13(6-17(41)16(40)1-3-31)5-14(33)26(21)48-27-15(34)7-18(42)19(8-32)45-27/h12-16,18-28,36,39-40,42-44H,1-11,31-34H2,(H3,35,37,38)/t12-,13+,14?,15?,16+,18+,19?,20-,21-,22?,23-,24-,25?,26-,27-,28?/m1/s1. The second kappa shape index (κ2) is 18.0. The van der Waals surface area contributed by atoms with E-state index in [9.17, 15) is 30.3 Å². The van der Waals surface area contributed by atoms with Gasteiger partial charge in [0.05, 0.1) is 37.0 Å². The van der Waals surface area contributed by atoms with Gasteiger partial charge in [-0.25, -0.2) is 4.39 Å². The zero-order chi connectivity index (χ0) is 35.1. The lowest BCUT2D eigenvalue weighted by Crippen LogP contribution is -2.67. The van der Waals surface area contributed by atoms with E-state index in [1.54, 1.807) is 0 Å². The smallest absolute Gasteiger partial charge is 0.188 e. The molecule has 3 aliphatic heterocycles. The van der Waals surface area contributed by atoms with Gasteiger partial charge in [0.15, 0.2) is 30.5 Å². The average Bonchev–Trinajstić information content (AvgIpc) is 3.58. The molecule has 0 aromatic carbocycles. The number of hydrogen-bond acceptors (Lipinski definition) is 16.